The molecular weight excluding hydrogens is 178 g/mol. The molecule has 0 aliphatic carbocycles. The molecule has 2 heteroatoms. The molecule has 0 N–H and O–H groups in total. The lowest BCUT2D eigenvalue weighted by Crippen LogP contribution is -1.74. The maximum atomic E-state index is 4.35. The Morgan fingerprint density at radius 3 is 2.62 bits per heavy atom. The number of rotatable bonds is 2. The zero-order chi connectivity index (χ0) is 9.10. The minimum Gasteiger partial charge on any atom is -0.197 e. The molecule has 0 saturated heterocycles. The van der Waals surface area contributed by atoms with Crippen molar-refractivity contribution in [3.8, 4) is 10.4 Å². The maximum Gasteiger partial charge on any atom is 0.0552 e. The molecule has 1 aromatic carbocycles. The molecule has 0 bridgehead atoms. The number of aryl methyl sites for hydroxylation is 1. The average Bonchev–Trinajstić information content (AvgIpc) is 2.67. The van der Waals surface area contributed by atoms with Crippen LogP contribution in [0.3, 0.4) is 0 Å². The van der Waals surface area contributed by atoms with Crippen LogP contribution in [0.25, 0.3) is 10.4 Å². The molecule has 0 saturated carbocycles. The predicted molar refractivity (Wildman–Crippen MR) is 56.9 cm³/mol. The molecule has 66 valence electrons. The molecule has 0 fully saturated rings. The molecule has 0 atom stereocenters. The lowest BCUT2D eigenvalue weighted by atomic mass is 10.2. The molecule has 1 nitrogen and oxygen atoms in total. The Morgan fingerprint density at radius 1 is 1.23 bits per heavy atom. The van der Waals surface area contributed by atoms with E-state index in [-0.39, 0.29) is 0 Å². The molecule has 1 heterocycles. The SMILES string of the molecule is CCc1cc(-c2ccccc2)sn1. The lowest BCUT2D eigenvalue weighted by molar-refractivity contribution is 1.09. The Balaban J connectivity index is 2.36. The summed E-state index contributed by atoms with van der Waals surface area (Å²) in [6, 6.07) is 12.5. The van der Waals surface area contributed by atoms with E-state index in [1.165, 1.54) is 16.1 Å². The van der Waals surface area contributed by atoms with E-state index in [2.05, 4.69) is 41.6 Å². The van der Waals surface area contributed by atoms with E-state index in [0.29, 0.717) is 0 Å². The standard InChI is InChI=1S/C11H11NS/c1-2-10-8-11(13-12-10)9-6-4-3-5-7-9/h3-8H,2H2,1H3. The summed E-state index contributed by atoms with van der Waals surface area (Å²) in [4.78, 5) is 1.26. The Morgan fingerprint density at radius 2 is 2.00 bits per heavy atom. The van der Waals surface area contributed by atoms with Gasteiger partial charge in [-0.2, -0.15) is 4.37 Å². The maximum absolute atomic E-state index is 4.35. The second kappa shape index (κ2) is 3.71. The van der Waals surface area contributed by atoms with Crippen LogP contribution in [0, 0.1) is 0 Å². The quantitative estimate of drug-likeness (QED) is 0.705. The minimum atomic E-state index is 1.02. The summed E-state index contributed by atoms with van der Waals surface area (Å²) >= 11 is 1.58. The van der Waals surface area contributed by atoms with Crippen LogP contribution < -0.4 is 0 Å². The summed E-state index contributed by atoms with van der Waals surface area (Å²) in [5.74, 6) is 0. The van der Waals surface area contributed by atoms with Gasteiger partial charge in [0.15, 0.2) is 0 Å². The van der Waals surface area contributed by atoms with Crippen LogP contribution >= 0.6 is 11.5 Å². The number of nitrogens with zero attached hydrogens (tertiary/aromatic N) is 1. The molecule has 0 amide bonds. The highest BCUT2D eigenvalue weighted by atomic mass is 32.1. The van der Waals surface area contributed by atoms with Gasteiger partial charge in [-0.15, -0.1) is 0 Å². The van der Waals surface area contributed by atoms with Crippen molar-refractivity contribution in [2.45, 2.75) is 13.3 Å². The number of aromatic nitrogens is 1. The third-order valence-electron chi connectivity index (χ3n) is 1.98. The van der Waals surface area contributed by atoms with Crippen LogP contribution in [-0.4, -0.2) is 4.37 Å². The summed E-state index contributed by atoms with van der Waals surface area (Å²) < 4.78 is 4.35. The summed E-state index contributed by atoms with van der Waals surface area (Å²) in [5.41, 5.74) is 2.45. The highest BCUT2D eigenvalue weighted by Crippen LogP contribution is 2.24. The normalized spacial score (nSPS) is 10.2. The van der Waals surface area contributed by atoms with Crippen LogP contribution in [0.4, 0.5) is 0 Å². The van der Waals surface area contributed by atoms with E-state index in [1.807, 2.05) is 6.07 Å². The van der Waals surface area contributed by atoms with E-state index in [0.717, 1.165) is 6.42 Å². The van der Waals surface area contributed by atoms with E-state index in [4.69, 9.17) is 0 Å². The third-order valence-corrected chi connectivity index (χ3v) is 2.86. The molecular formula is C11H11NS. The Hall–Kier alpha value is -1.15. The molecule has 0 aliphatic heterocycles. The van der Waals surface area contributed by atoms with Crippen molar-refractivity contribution in [1.29, 1.82) is 0 Å². The summed E-state index contributed by atoms with van der Waals surface area (Å²) in [6.07, 6.45) is 1.02. The first-order chi connectivity index (χ1) is 6.40. The zero-order valence-electron chi connectivity index (χ0n) is 7.53. The van der Waals surface area contributed by atoms with Crippen LogP contribution in [0.5, 0.6) is 0 Å². The van der Waals surface area contributed by atoms with Gasteiger partial charge in [0.2, 0.25) is 0 Å². The van der Waals surface area contributed by atoms with Crippen LogP contribution in [0.2, 0.25) is 0 Å². The predicted octanol–water partition coefficient (Wildman–Crippen LogP) is 3.37. The second-order valence-corrected chi connectivity index (χ2v) is 3.71. The van der Waals surface area contributed by atoms with E-state index in [1.54, 1.807) is 11.5 Å². The summed E-state index contributed by atoms with van der Waals surface area (Å²) in [7, 11) is 0. The average molecular weight is 189 g/mol. The fraction of sp³-hybridized carbons (Fsp3) is 0.182. The third kappa shape index (κ3) is 1.78. The molecule has 0 radical (unpaired) electrons. The van der Waals surface area contributed by atoms with Gasteiger partial charge in [0.25, 0.3) is 0 Å². The first kappa shape index (κ1) is 8.45. The van der Waals surface area contributed by atoms with Gasteiger partial charge < -0.3 is 0 Å². The van der Waals surface area contributed by atoms with E-state index >= 15 is 0 Å². The largest absolute Gasteiger partial charge is 0.197 e. The summed E-state index contributed by atoms with van der Waals surface area (Å²) in [6.45, 7) is 2.13. The van der Waals surface area contributed by atoms with Gasteiger partial charge in [-0.05, 0) is 29.6 Å². The van der Waals surface area contributed by atoms with Gasteiger partial charge in [0.1, 0.15) is 0 Å². The van der Waals surface area contributed by atoms with Gasteiger partial charge in [-0.3, -0.25) is 0 Å². The zero-order valence-corrected chi connectivity index (χ0v) is 8.34. The second-order valence-electron chi connectivity index (χ2n) is 2.90. The van der Waals surface area contributed by atoms with Gasteiger partial charge >= 0.3 is 0 Å². The van der Waals surface area contributed by atoms with Crippen molar-refractivity contribution in [3.05, 3.63) is 42.1 Å². The Kier molecular flexibility index (Phi) is 2.41. The van der Waals surface area contributed by atoms with Crippen LogP contribution in [0.15, 0.2) is 36.4 Å². The molecule has 2 rings (SSSR count). The van der Waals surface area contributed by atoms with E-state index < -0.39 is 0 Å². The molecule has 13 heavy (non-hydrogen) atoms. The molecule has 1 aromatic heterocycles. The van der Waals surface area contributed by atoms with Gasteiger partial charge in [-0.1, -0.05) is 37.3 Å². The summed E-state index contributed by atoms with van der Waals surface area (Å²) in [5, 5.41) is 0. The smallest absolute Gasteiger partial charge is 0.0552 e. The van der Waals surface area contributed by atoms with Crippen molar-refractivity contribution in [3.63, 3.8) is 0 Å². The Labute approximate surface area is 82.2 Å². The fourth-order valence-electron chi connectivity index (χ4n) is 1.22. The molecule has 2 aromatic rings. The van der Waals surface area contributed by atoms with Gasteiger partial charge in [0, 0.05) is 0 Å². The number of benzene rings is 1. The van der Waals surface area contributed by atoms with Crippen molar-refractivity contribution in [2.75, 3.05) is 0 Å². The number of hydrogen-bond acceptors (Lipinski definition) is 2. The topological polar surface area (TPSA) is 12.9 Å². The number of hydrogen-bond donors (Lipinski definition) is 0. The van der Waals surface area contributed by atoms with Gasteiger partial charge in [0.05, 0.1) is 10.6 Å². The van der Waals surface area contributed by atoms with Crippen LogP contribution in [-0.2, 0) is 6.42 Å². The van der Waals surface area contributed by atoms with E-state index in [9.17, 15) is 0 Å². The van der Waals surface area contributed by atoms with Crippen molar-refractivity contribution < 1.29 is 0 Å². The van der Waals surface area contributed by atoms with Crippen molar-refractivity contribution >= 4 is 11.5 Å². The first-order valence-corrected chi connectivity index (χ1v) is 5.18. The monoisotopic (exact) mass is 189 g/mol. The molecule has 0 unspecified atom stereocenters. The molecule has 0 aliphatic rings. The molecule has 0 spiro atoms. The first-order valence-electron chi connectivity index (χ1n) is 4.41. The van der Waals surface area contributed by atoms with Gasteiger partial charge in [-0.25, -0.2) is 0 Å². The fourth-order valence-corrected chi connectivity index (χ4v) is 2.04. The lowest BCUT2D eigenvalue weighted by Gasteiger charge is -1.92. The van der Waals surface area contributed by atoms with Crippen molar-refractivity contribution in [2.24, 2.45) is 0 Å². The highest BCUT2D eigenvalue weighted by molar-refractivity contribution is 7.09. The van der Waals surface area contributed by atoms with Crippen molar-refractivity contribution in [1.82, 2.24) is 4.37 Å². The Bertz CT molecular complexity index is 378. The van der Waals surface area contributed by atoms with Crippen LogP contribution in [0.1, 0.15) is 12.6 Å². The highest BCUT2D eigenvalue weighted by Gasteiger charge is 2.01. The minimum absolute atomic E-state index is 1.02.